The summed E-state index contributed by atoms with van der Waals surface area (Å²) in [5.41, 5.74) is 6.15. The second kappa shape index (κ2) is 10.9. The molecule has 0 spiro atoms. The molecule has 3 fully saturated rings. The van der Waals surface area contributed by atoms with Gasteiger partial charge in [-0.2, -0.15) is 13.1 Å². The zero-order valence-electron chi connectivity index (χ0n) is 21.4. The summed E-state index contributed by atoms with van der Waals surface area (Å²) in [6.45, 7) is 3.38. The third-order valence-corrected chi connectivity index (χ3v) is 9.34. The molecule has 1 aromatic heterocycles. The number of anilines is 2. The summed E-state index contributed by atoms with van der Waals surface area (Å²) in [6, 6.07) is 8.35. The van der Waals surface area contributed by atoms with Crippen LogP contribution in [0.25, 0.3) is 0 Å². The molecule has 4 heterocycles. The first kappa shape index (κ1) is 28.1. The van der Waals surface area contributed by atoms with Crippen LogP contribution >= 0.6 is 11.6 Å². The number of halogens is 3. The summed E-state index contributed by atoms with van der Waals surface area (Å²) in [6.07, 6.45) is -1.43. The number of pyridine rings is 1. The number of carbonyl (C=O) groups is 1. The van der Waals surface area contributed by atoms with Gasteiger partial charge >= 0.3 is 0 Å². The number of ether oxygens (including phenoxy) is 1. The molecule has 0 bridgehead atoms. The lowest BCUT2D eigenvalue weighted by atomic mass is 10.0. The molecule has 1 amide bonds. The van der Waals surface area contributed by atoms with E-state index in [-0.39, 0.29) is 78.6 Å². The minimum atomic E-state index is -3.80. The van der Waals surface area contributed by atoms with Crippen LogP contribution in [0.2, 0.25) is 5.15 Å². The van der Waals surface area contributed by atoms with E-state index in [1.165, 1.54) is 22.5 Å². The molecule has 10 nitrogen and oxygen atoms in total. The Labute approximate surface area is 231 Å². The predicted molar refractivity (Wildman–Crippen MR) is 143 cm³/mol. The molecule has 5 rings (SSSR count). The van der Waals surface area contributed by atoms with E-state index in [9.17, 15) is 13.2 Å². The van der Waals surface area contributed by atoms with Crippen LogP contribution in [-0.4, -0.2) is 87.7 Å². The van der Waals surface area contributed by atoms with Crippen molar-refractivity contribution in [1.29, 1.82) is 0 Å². The Bertz CT molecular complexity index is 1320. The molecule has 3 saturated heterocycles. The van der Waals surface area contributed by atoms with Crippen molar-refractivity contribution in [2.45, 2.75) is 42.4 Å². The molecule has 3 aliphatic rings. The van der Waals surface area contributed by atoms with Gasteiger partial charge in [-0.3, -0.25) is 4.79 Å². The van der Waals surface area contributed by atoms with Crippen LogP contribution in [0.1, 0.15) is 18.9 Å². The van der Waals surface area contributed by atoms with Crippen LogP contribution in [0.5, 0.6) is 0 Å². The monoisotopic (exact) mass is 584 g/mol. The van der Waals surface area contributed by atoms with Crippen molar-refractivity contribution in [3.8, 4) is 0 Å². The van der Waals surface area contributed by atoms with Gasteiger partial charge in [-0.15, -0.1) is 0 Å². The molecule has 14 heteroatoms. The summed E-state index contributed by atoms with van der Waals surface area (Å²) in [5, 5.41) is 2.88. The number of piperazine rings is 1. The van der Waals surface area contributed by atoms with Crippen LogP contribution in [-0.2, 0) is 25.5 Å². The number of aromatic nitrogens is 1. The van der Waals surface area contributed by atoms with Gasteiger partial charge in [0.25, 0.3) is 5.92 Å². The summed E-state index contributed by atoms with van der Waals surface area (Å²) in [7, 11) is -3.80. The van der Waals surface area contributed by atoms with E-state index in [0.717, 1.165) is 6.07 Å². The number of benzene rings is 1. The van der Waals surface area contributed by atoms with Gasteiger partial charge in [-0.25, -0.2) is 13.4 Å². The van der Waals surface area contributed by atoms with Crippen molar-refractivity contribution >= 4 is 39.0 Å². The van der Waals surface area contributed by atoms with Crippen LogP contribution < -0.4 is 20.9 Å². The van der Waals surface area contributed by atoms with E-state index in [4.69, 9.17) is 22.1 Å². The zero-order chi connectivity index (χ0) is 27.9. The fraction of sp³-hybridized carbons (Fsp3) is 0.520. The van der Waals surface area contributed by atoms with Crippen molar-refractivity contribution in [2.24, 2.45) is 5.73 Å². The van der Waals surface area contributed by atoms with Gasteiger partial charge in [0.05, 0.1) is 11.0 Å². The number of nitrogens with two attached hydrogens (primary N) is 1. The highest BCUT2D eigenvalue weighted by molar-refractivity contribution is 7.89. The van der Waals surface area contributed by atoms with Crippen molar-refractivity contribution < 1.29 is 26.7 Å². The third kappa shape index (κ3) is 5.74. The minimum Gasteiger partial charge on any atom is -0.366 e. The maximum atomic E-state index is 15.3. The van der Waals surface area contributed by atoms with Crippen molar-refractivity contribution in [2.75, 3.05) is 55.6 Å². The van der Waals surface area contributed by atoms with E-state index < -0.39 is 22.0 Å². The number of amides is 1. The number of carbonyl (C=O) groups excluding carboxylic acids is 1. The number of hydrogen-bond donors (Lipinski definition) is 2. The molecular weight excluding hydrogens is 554 g/mol. The number of nitrogens with zero attached hydrogens (tertiary/aromatic N) is 4. The van der Waals surface area contributed by atoms with Gasteiger partial charge in [-0.1, -0.05) is 11.6 Å². The Morgan fingerprint density at radius 3 is 2.44 bits per heavy atom. The lowest BCUT2D eigenvalue weighted by Crippen LogP contribution is -2.51. The van der Waals surface area contributed by atoms with E-state index in [1.807, 2.05) is 0 Å². The maximum Gasteiger partial charge on any atom is 0.300 e. The van der Waals surface area contributed by atoms with Crippen LogP contribution in [0.4, 0.5) is 20.3 Å². The highest BCUT2D eigenvalue weighted by atomic mass is 35.5. The first-order valence-electron chi connectivity index (χ1n) is 12.8. The molecule has 39 heavy (non-hydrogen) atoms. The molecule has 3 N–H and O–H groups in total. The fourth-order valence-corrected chi connectivity index (χ4v) is 6.75. The van der Waals surface area contributed by atoms with E-state index in [2.05, 4.69) is 10.3 Å². The van der Waals surface area contributed by atoms with Gasteiger partial charge in [0.2, 0.25) is 15.9 Å². The molecule has 3 aliphatic heterocycles. The topological polar surface area (TPSA) is 121 Å². The van der Waals surface area contributed by atoms with Crippen LogP contribution in [0.15, 0.2) is 41.3 Å². The quantitative estimate of drug-likeness (QED) is 0.493. The number of rotatable bonds is 6. The molecule has 1 aromatic carbocycles. The Morgan fingerprint density at radius 1 is 1.13 bits per heavy atom. The second-order valence-corrected chi connectivity index (χ2v) is 12.4. The number of hydrogen-bond acceptors (Lipinski definition) is 8. The highest BCUT2D eigenvalue weighted by Gasteiger charge is 2.45. The zero-order valence-corrected chi connectivity index (χ0v) is 23.0. The molecule has 2 unspecified atom stereocenters. The van der Waals surface area contributed by atoms with Crippen LogP contribution in [0, 0.1) is 0 Å². The first-order chi connectivity index (χ1) is 18.4. The SMILES string of the molecule is CC1CNCC(C(F)(F)c2cc(Cl)nc(N3CCN(S(=O)(=O)c4ccc(N5C[C@H](N)CC5=O)cc4)CC3)c2)O1. The Morgan fingerprint density at radius 2 is 1.82 bits per heavy atom. The number of alkyl halides is 2. The van der Waals surface area contributed by atoms with Gasteiger partial charge in [0, 0.05) is 69.5 Å². The molecule has 3 atom stereocenters. The lowest BCUT2D eigenvalue weighted by Gasteiger charge is -2.36. The predicted octanol–water partition coefficient (Wildman–Crippen LogP) is 1.78. The molecule has 2 aromatic rings. The number of morpholine rings is 1. The van der Waals surface area contributed by atoms with Gasteiger partial charge in [-0.05, 0) is 43.3 Å². The molecule has 212 valence electrons. The van der Waals surface area contributed by atoms with Gasteiger partial charge in [0.15, 0.2) is 0 Å². The minimum absolute atomic E-state index is 0.00596. The van der Waals surface area contributed by atoms with Crippen molar-refractivity contribution in [1.82, 2.24) is 14.6 Å². The Hall–Kier alpha value is -2.42. The third-order valence-electron chi connectivity index (χ3n) is 7.23. The fourth-order valence-electron chi connectivity index (χ4n) is 5.12. The highest BCUT2D eigenvalue weighted by Crippen LogP contribution is 2.37. The van der Waals surface area contributed by atoms with Gasteiger partial charge in [0.1, 0.15) is 17.1 Å². The normalized spacial score (nSPS) is 25.4. The second-order valence-electron chi connectivity index (χ2n) is 10.1. The summed E-state index contributed by atoms with van der Waals surface area (Å²) >= 11 is 6.14. The number of sulfonamides is 1. The summed E-state index contributed by atoms with van der Waals surface area (Å²) in [4.78, 5) is 19.7. The maximum absolute atomic E-state index is 15.3. The lowest BCUT2D eigenvalue weighted by molar-refractivity contribution is -0.172. The summed E-state index contributed by atoms with van der Waals surface area (Å²) < 4.78 is 64.0. The van der Waals surface area contributed by atoms with E-state index >= 15 is 8.78 Å². The molecular formula is C25H31ClF2N6O4S. The molecule has 0 saturated carbocycles. The van der Waals surface area contributed by atoms with Crippen molar-refractivity contribution in [3.05, 3.63) is 47.1 Å². The Balaban J connectivity index is 1.27. The smallest absolute Gasteiger partial charge is 0.300 e. The van der Waals surface area contributed by atoms with E-state index in [0.29, 0.717) is 18.8 Å². The van der Waals surface area contributed by atoms with Crippen molar-refractivity contribution in [3.63, 3.8) is 0 Å². The van der Waals surface area contributed by atoms with E-state index in [1.54, 1.807) is 28.9 Å². The van der Waals surface area contributed by atoms with Crippen LogP contribution in [0.3, 0.4) is 0 Å². The summed E-state index contributed by atoms with van der Waals surface area (Å²) in [5.74, 6) is -3.14. The van der Waals surface area contributed by atoms with Gasteiger partial charge < -0.3 is 25.6 Å². The average Bonchev–Trinajstić information content (AvgIpc) is 3.26. The standard InChI is InChI=1S/C25H31ClF2N6O4S/c1-16-13-30-14-21(38-16)25(27,28)17-10-22(26)31-23(11-17)32-6-8-33(9-7-32)39(36,37)20-4-2-19(3-5-20)34-15-18(29)12-24(34)35/h2-5,10-11,16,18,21,30H,6-9,12-15,29H2,1H3/t16?,18-,21?/m1/s1. The first-order valence-corrected chi connectivity index (χ1v) is 14.6. The average molecular weight is 585 g/mol. The molecule has 0 aliphatic carbocycles. The molecule has 0 radical (unpaired) electrons. The Kier molecular flexibility index (Phi) is 7.83. The largest absolute Gasteiger partial charge is 0.366 e. The number of nitrogens with one attached hydrogen (secondary N) is 1.